The standard InChI is InChI=1S/C17H23N7O/c1-2-19-15(12-18-1)13-22-3-5-23(6-4-22)16-11-17(21-14-20-16)24-7-9-25-10-8-24/h1-2,11-12,14H,3-10,13H2. The second-order valence-electron chi connectivity index (χ2n) is 6.29. The first-order valence-corrected chi connectivity index (χ1v) is 8.75. The Bertz CT molecular complexity index is 670. The molecule has 0 saturated carbocycles. The van der Waals surface area contributed by atoms with Crippen LogP contribution in [-0.2, 0) is 11.3 Å². The van der Waals surface area contributed by atoms with E-state index >= 15 is 0 Å². The molecule has 2 aliphatic rings. The van der Waals surface area contributed by atoms with Crippen molar-refractivity contribution >= 4 is 11.6 Å². The number of hydrogen-bond donors (Lipinski definition) is 0. The van der Waals surface area contributed by atoms with Crippen molar-refractivity contribution in [3.05, 3.63) is 36.7 Å². The van der Waals surface area contributed by atoms with Gasteiger partial charge in [-0.15, -0.1) is 0 Å². The van der Waals surface area contributed by atoms with Gasteiger partial charge in [0.1, 0.15) is 18.0 Å². The van der Waals surface area contributed by atoms with E-state index in [0.717, 1.165) is 76.4 Å². The van der Waals surface area contributed by atoms with Crippen LogP contribution in [0.2, 0.25) is 0 Å². The van der Waals surface area contributed by atoms with Gasteiger partial charge in [-0.1, -0.05) is 0 Å². The Labute approximate surface area is 147 Å². The first-order chi connectivity index (χ1) is 12.4. The Balaban J connectivity index is 1.36. The summed E-state index contributed by atoms with van der Waals surface area (Å²) in [5.41, 5.74) is 1.02. The molecule has 2 aromatic rings. The molecular weight excluding hydrogens is 318 g/mol. The lowest BCUT2D eigenvalue weighted by Crippen LogP contribution is -2.46. The molecule has 2 saturated heterocycles. The lowest BCUT2D eigenvalue weighted by atomic mass is 10.3. The third-order valence-electron chi connectivity index (χ3n) is 4.67. The van der Waals surface area contributed by atoms with Crippen LogP contribution < -0.4 is 9.80 Å². The number of anilines is 2. The van der Waals surface area contributed by atoms with Gasteiger partial charge in [0, 0.05) is 70.5 Å². The van der Waals surface area contributed by atoms with Crippen LogP contribution in [0.3, 0.4) is 0 Å². The Morgan fingerprint density at radius 3 is 2.24 bits per heavy atom. The number of piperazine rings is 1. The minimum absolute atomic E-state index is 0.764. The van der Waals surface area contributed by atoms with E-state index in [2.05, 4.69) is 40.7 Å². The molecule has 2 aliphatic heterocycles. The van der Waals surface area contributed by atoms with Crippen molar-refractivity contribution in [1.82, 2.24) is 24.8 Å². The summed E-state index contributed by atoms with van der Waals surface area (Å²) in [6, 6.07) is 2.10. The molecule has 8 nitrogen and oxygen atoms in total. The van der Waals surface area contributed by atoms with Crippen molar-refractivity contribution in [3.8, 4) is 0 Å². The maximum atomic E-state index is 5.42. The van der Waals surface area contributed by atoms with Crippen molar-refractivity contribution in [2.24, 2.45) is 0 Å². The normalized spacial score (nSPS) is 19.2. The zero-order chi connectivity index (χ0) is 16.9. The van der Waals surface area contributed by atoms with Crippen LogP contribution in [0, 0.1) is 0 Å². The molecule has 0 unspecified atom stereocenters. The van der Waals surface area contributed by atoms with E-state index < -0.39 is 0 Å². The Morgan fingerprint density at radius 2 is 1.56 bits per heavy atom. The average Bonchev–Trinajstić information content (AvgIpc) is 2.70. The average molecular weight is 341 g/mol. The van der Waals surface area contributed by atoms with E-state index in [9.17, 15) is 0 Å². The molecule has 2 aromatic heterocycles. The number of ether oxygens (including phenoxy) is 1. The summed E-state index contributed by atoms with van der Waals surface area (Å²) in [6.45, 7) is 8.07. The molecule has 0 aromatic carbocycles. The molecule has 4 rings (SSSR count). The molecule has 25 heavy (non-hydrogen) atoms. The molecule has 2 fully saturated rings. The second kappa shape index (κ2) is 7.71. The predicted octanol–water partition coefficient (Wildman–Crippen LogP) is 0.425. The summed E-state index contributed by atoms with van der Waals surface area (Å²) in [4.78, 5) is 24.4. The third kappa shape index (κ3) is 4.02. The molecular formula is C17H23N7O. The van der Waals surface area contributed by atoms with Crippen LogP contribution in [0.4, 0.5) is 11.6 Å². The molecule has 0 spiro atoms. The van der Waals surface area contributed by atoms with Crippen molar-refractivity contribution < 1.29 is 4.74 Å². The van der Waals surface area contributed by atoms with E-state index in [-0.39, 0.29) is 0 Å². The second-order valence-corrected chi connectivity index (χ2v) is 6.29. The highest BCUT2D eigenvalue weighted by Gasteiger charge is 2.20. The van der Waals surface area contributed by atoms with E-state index in [1.165, 1.54) is 0 Å². The van der Waals surface area contributed by atoms with Gasteiger partial charge in [0.15, 0.2) is 0 Å². The van der Waals surface area contributed by atoms with Crippen molar-refractivity contribution in [2.45, 2.75) is 6.54 Å². The van der Waals surface area contributed by atoms with Gasteiger partial charge in [-0.3, -0.25) is 14.9 Å². The maximum Gasteiger partial charge on any atom is 0.134 e. The van der Waals surface area contributed by atoms with E-state index in [1.54, 1.807) is 18.7 Å². The van der Waals surface area contributed by atoms with Crippen LogP contribution in [0.1, 0.15) is 5.69 Å². The Hall–Kier alpha value is -2.32. The molecule has 4 heterocycles. The fourth-order valence-corrected chi connectivity index (χ4v) is 3.25. The van der Waals surface area contributed by atoms with Crippen molar-refractivity contribution in [1.29, 1.82) is 0 Å². The molecule has 0 radical (unpaired) electrons. The van der Waals surface area contributed by atoms with Gasteiger partial charge < -0.3 is 14.5 Å². The van der Waals surface area contributed by atoms with E-state index in [1.807, 2.05) is 6.20 Å². The number of nitrogens with zero attached hydrogens (tertiary/aromatic N) is 7. The quantitative estimate of drug-likeness (QED) is 0.793. The van der Waals surface area contributed by atoms with E-state index in [0.29, 0.717) is 0 Å². The number of rotatable bonds is 4. The predicted molar refractivity (Wildman–Crippen MR) is 94.6 cm³/mol. The number of morpholine rings is 1. The number of aromatic nitrogens is 4. The van der Waals surface area contributed by atoms with Gasteiger partial charge >= 0.3 is 0 Å². The van der Waals surface area contributed by atoms with E-state index in [4.69, 9.17) is 4.74 Å². The largest absolute Gasteiger partial charge is 0.378 e. The Morgan fingerprint density at radius 1 is 0.840 bits per heavy atom. The topological polar surface area (TPSA) is 70.5 Å². The molecule has 0 N–H and O–H groups in total. The lowest BCUT2D eigenvalue weighted by Gasteiger charge is -2.35. The fraction of sp³-hybridized carbons (Fsp3) is 0.529. The highest BCUT2D eigenvalue weighted by Crippen LogP contribution is 2.20. The third-order valence-corrected chi connectivity index (χ3v) is 4.67. The first-order valence-electron chi connectivity index (χ1n) is 8.75. The van der Waals surface area contributed by atoms with Gasteiger partial charge in [-0.2, -0.15) is 0 Å². The summed E-state index contributed by atoms with van der Waals surface area (Å²) in [5.74, 6) is 2.01. The maximum absolute atomic E-state index is 5.42. The van der Waals surface area contributed by atoms with Gasteiger partial charge in [-0.05, 0) is 0 Å². The summed E-state index contributed by atoms with van der Waals surface area (Å²) in [7, 11) is 0. The van der Waals surface area contributed by atoms with Crippen LogP contribution in [-0.4, -0.2) is 77.3 Å². The van der Waals surface area contributed by atoms with Gasteiger partial charge in [-0.25, -0.2) is 9.97 Å². The monoisotopic (exact) mass is 341 g/mol. The summed E-state index contributed by atoms with van der Waals surface area (Å²) in [5, 5.41) is 0. The molecule has 8 heteroatoms. The summed E-state index contributed by atoms with van der Waals surface area (Å²) in [6.07, 6.45) is 6.97. The first kappa shape index (κ1) is 16.2. The molecule has 132 valence electrons. The highest BCUT2D eigenvalue weighted by molar-refractivity contribution is 5.50. The molecule has 0 amide bonds. The summed E-state index contributed by atoms with van der Waals surface area (Å²) < 4.78 is 5.42. The molecule has 0 aliphatic carbocycles. The lowest BCUT2D eigenvalue weighted by molar-refractivity contribution is 0.122. The van der Waals surface area contributed by atoms with Crippen LogP contribution >= 0.6 is 0 Å². The fourth-order valence-electron chi connectivity index (χ4n) is 3.25. The smallest absolute Gasteiger partial charge is 0.134 e. The van der Waals surface area contributed by atoms with Crippen LogP contribution in [0.15, 0.2) is 31.0 Å². The zero-order valence-electron chi connectivity index (χ0n) is 14.3. The van der Waals surface area contributed by atoms with Crippen molar-refractivity contribution in [2.75, 3.05) is 62.3 Å². The van der Waals surface area contributed by atoms with Crippen LogP contribution in [0.25, 0.3) is 0 Å². The van der Waals surface area contributed by atoms with Crippen LogP contribution in [0.5, 0.6) is 0 Å². The molecule has 0 bridgehead atoms. The Kier molecular flexibility index (Phi) is 4.98. The summed E-state index contributed by atoms with van der Waals surface area (Å²) >= 11 is 0. The van der Waals surface area contributed by atoms with Crippen molar-refractivity contribution in [3.63, 3.8) is 0 Å². The number of hydrogen-bond acceptors (Lipinski definition) is 8. The minimum atomic E-state index is 0.764. The van der Waals surface area contributed by atoms with Gasteiger partial charge in [0.05, 0.1) is 18.9 Å². The van der Waals surface area contributed by atoms with Gasteiger partial charge in [0.2, 0.25) is 0 Å². The van der Waals surface area contributed by atoms with Gasteiger partial charge in [0.25, 0.3) is 0 Å². The minimum Gasteiger partial charge on any atom is -0.378 e. The highest BCUT2D eigenvalue weighted by atomic mass is 16.5. The zero-order valence-corrected chi connectivity index (χ0v) is 14.3. The SMILES string of the molecule is c1cnc(CN2CCN(c3cc(N4CCOCC4)ncn3)CC2)cn1. The molecule has 0 atom stereocenters.